The molecule has 0 spiro atoms. The minimum Gasteiger partial charge on any atom is -0.310 e. The molecule has 0 N–H and O–H groups in total. The van der Waals surface area contributed by atoms with Crippen LogP contribution in [0.3, 0.4) is 0 Å². The Labute approximate surface area is 306 Å². The summed E-state index contributed by atoms with van der Waals surface area (Å²) < 4.78 is 0. The molecule has 0 atom stereocenters. The zero-order valence-corrected chi connectivity index (χ0v) is 29.5. The highest BCUT2D eigenvalue weighted by Gasteiger charge is 2.39. The van der Waals surface area contributed by atoms with E-state index < -0.39 is 0 Å². The SMILES string of the molecule is CC1(C)c2ccccc2-c2cccc(N(c3ccc4ccccc4c3)c3ccccc3C(=C(c3ccccc3)c3ccccc3)c3ccccc3)c21. The van der Waals surface area contributed by atoms with E-state index in [1.54, 1.807) is 0 Å². The van der Waals surface area contributed by atoms with Gasteiger partial charge < -0.3 is 4.90 Å². The van der Waals surface area contributed by atoms with Crippen LogP contribution in [0.25, 0.3) is 33.0 Å². The Bertz CT molecular complexity index is 2540. The fourth-order valence-electron chi connectivity index (χ4n) is 8.31. The summed E-state index contributed by atoms with van der Waals surface area (Å²) in [5, 5.41) is 2.44. The highest BCUT2D eigenvalue weighted by molar-refractivity contribution is 6.08. The van der Waals surface area contributed by atoms with Gasteiger partial charge in [-0.1, -0.05) is 190 Å². The third-order valence-corrected chi connectivity index (χ3v) is 10.6. The van der Waals surface area contributed by atoms with Crippen LogP contribution in [0.2, 0.25) is 0 Å². The van der Waals surface area contributed by atoms with Gasteiger partial charge in [0.2, 0.25) is 0 Å². The van der Waals surface area contributed by atoms with Gasteiger partial charge in [0.25, 0.3) is 0 Å². The molecule has 1 aliphatic rings. The predicted octanol–water partition coefficient (Wildman–Crippen LogP) is 13.6. The van der Waals surface area contributed by atoms with Gasteiger partial charge in [-0.15, -0.1) is 0 Å². The summed E-state index contributed by atoms with van der Waals surface area (Å²) in [5.41, 5.74) is 15.6. The lowest BCUT2D eigenvalue weighted by molar-refractivity contribution is 0.661. The van der Waals surface area contributed by atoms with Crippen LogP contribution < -0.4 is 4.90 Å². The Morgan fingerprint density at radius 1 is 0.404 bits per heavy atom. The second-order valence-corrected chi connectivity index (χ2v) is 14.1. The second-order valence-electron chi connectivity index (χ2n) is 14.1. The van der Waals surface area contributed by atoms with Crippen molar-refractivity contribution in [2.24, 2.45) is 0 Å². The van der Waals surface area contributed by atoms with Crippen LogP contribution in [0.15, 0.2) is 200 Å². The van der Waals surface area contributed by atoms with Gasteiger partial charge >= 0.3 is 0 Å². The maximum atomic E-state index is 2.52. The molecule has 8 aromatic carbocycles. The van der Waals surface area contributed by atoms with Crippen molar-refractivity contribution in [2.45, 2.75) is 19.3 Å². The molecule has 1 nitrogen and oxygen atoms in total. The van der Waals surface area contributed by atoms with Crippen molar-refractivity contribution in [1.29, 1.82) is 0 Å². The number of rotatable bonds is 7. The Morgan fingerprint density at radius 2 is 0.923 bits per heavy atom. The standard InChI is InChI=1S/C51H39N/c1-51(2)45-30-16-14-27-42(45)43-29-18-32-47(50(43)51)52(41-34-33-36-19-12-13-26-40(36)35-41)46-31-17-15-28-44(46)49(39-24-10-5-11-25-39)48(37-20-6-3-7-21-37)38-22-8-4-9-23-38/h3-35H,1-2H3. The maximum absolute atomic E-state index is 2.52. The van der Waals surface area contributed by atoms with E-state index in [2.05, 4.69) is 219 Å². The average molecular weight is 666 g/mol. The lowest BCUT2D eigenvalue weighted by Crippen LogP contribution is -2.21. The largest absolute Gasteiger partial charge is 0.310 e. The molecule has 0 aromatic heterocycles. The molecule has 0 fully saturated rings. The topological polar surface area (TPSA) is 3.24 Å². The highest BCUT2D eigenvalue weighted by atomic mass is 15.1. The second kappa shape index (κ2) is 13.0. The van der Waals surface area contributed by atoms with Crippen molar-refractivity contribution in [3.63, 3.8) is 0 Å². The molecule has 0 heterocycles. The van der Waals surface area contributed by atoms with E-state index in [1.165, 1.54) is 66.6 Å². The first-order valence-electron chi connectivity index (χ1n) is 18.1. The molecule has 0 saturated carbocycles. The van der Waals surface area contributed by atoms with Crippen LogP contribution in [0.1, 0.15) is 47.2 Å². The van der Waals surface area contributed by atoms with Crippen molar-refractivity contribution in [1.82, 2.24) is 0 Å². The van der Waals surface area contributed by atoms with Crippen molar-refractivity contribution in [2.75, 3.05) is 4.90 Å². The number of benzene rings is 8. The molecule has 0 amide bonds. The summed E-state index contributed by atoms with van der Waals surface area (Å²) >= 11 is 0. The monoisotopic (exact) mass is 665 g/mol. The van der Waals surface area contributed by atoms with Crippen molar-refractivity contribution < 1.29 is 0 Å². The van der Waals surface area contributed by atoms with E-state index in [9.17, 15) is 0 Å². The van der Waals surface area contributed by atoms with Crippen molar-refractivity contribution >= 4 is 39.0 Å². The van der Waals surface area contributed by atoms with Gasteiger partial charge in [-0.05, 0) is 85.1 Å². The minimum atomic E-state index is -0.204. The molecule has 0 aliphatic heterocycles. The quantitative estimate of drug-likeness (QED) is 0.153. The van der Waals surface area contributed by atoms with Gasteiger partial charge in [0.15, 0.2) is 0 Å². The average Bonchev–Trinajstić information content (AvgIpc) is 3.45. The lowest BCUT2D eigenvalue weighted by Gasteiger charge is -2.34. The van der Waals surface area contributed by atoms with Crippen LogP contribution in [0.5, 0.6) is 0 Å². The smallest absolute Gasteiger partial charge is 0.0540 e. The Morgan fingerprint density at radius 3 is 1.62 bits per heavy atom. The lowest BCUT2D eigenvalue weighted by atomic mass is 9.81. The molecule has 0 radical (unpaired) electrons. The molecule has 52 heavy (non-hydrogen) atoms. The molecule has 248 valence electrons. The molecular weight excluding hydrogens is 627 g/mol. The van der Waals surface area contributed by atoms with Gasteiger partial charge in [0.1, 0.15) is 0 Å². The Kier molecular flexibility index (Phi) is 7.90. The Balaban J connectivity index is 1.39. The number of anilines is 3. The van der Waals surface area contributed by atoms with Gasteiger partial charge in [-0.2, -0.15) is 0 Å². The first-order chi connectivity index (χ1) is 25.6. The van der Waals surface area contributed by atoms with Crippen LogP contribution in [0.4, 0.5) is 17.1 Å². The van der Waals surface area contributed by atoms with Crippen LogP contribution in [-0.2, 0) is 5.41 Å². The number of fused-ring (bicyclic) bond motifs is 4. The third kappa shape index (κ3) is 5.34. The predicted molar refractivity (Wildman–Crippen MR) is 221 cm³/mol. The fourth-order valence-corrected chi connectivity index (χ4v) is 8.31. The normalized spacial score (nSPS) is 12.6. The zero-order chi connectivity index (χ0) is 35.1. The summed E-state index contributed by atoms with van der Waals surface area (Å²) in [7, 11) is 0. The molecule has 8 aromatic rings. The first kappa shape index (κ1) is 31.5. The van der Waals surface area contributed by atoms with Gasteiger partial charge in [0.05, 0.1) is 11.4 Å². The summed E-state index contributed by atoms with van der Waals surface area (Å²) in [5.74, 6) is 0. The molecular formula is C51H39N. The van der Waals surface area contributed by atoms with E-state index in [0.717, 1.165) is 16.9 Å². The van der Waals surface area contributed by atoms with Gasteiger partial charge in [-0.3, -0.25) is 0 Å². The van der Waals surface area contributed by atoms with E-state index in [4.69, 9.17) is 0 Å². The van der Waals surface area contributed by atoms with Crippen LogP contribution >= 0.6 is 0 Å². The summed E-state index contributed by atoms with van der Waals surface area (Å²) in [6.07, 6.45) is 0. The highest BCUT2D eigenvalue weighted by Crippen LogP contribution is 2.55. The number of para-hydroxylation sites is 1. The number of hydrogen-bond acceptors (Lipinski definition) is 1. The molecule has 0 unspecified atom stereocenters. The fraction of sp³-hybridized carbons (Fsp3) is 0.0588. The molecule has 1 heteroatoms. The summed E-state index contributed by atoms with van der Waals surface area (Å²) in [6, 6.07) is 72.9. The van der Waals surface area contributed by atoms with Crippen LogP contribution in [0, 0.1) is 0 Å². The Hall–Kier alpha value is -6.44. The summed E-state index contributed by atoms with van der Waals surface area (Å²) in [6.45, 7) is 4.76. The van der Waals surface area contributed by atoms with Gasteiger partial charge in [0, 0.05) is 16.7 Å². The van der Waals surface area contributed by atoms with E-state index in [1.807, 2.05) is 0 Å². The minimum absolute atomic E-state index is 0.204. The molecule has 0 saturated heterocycles. The van der Waals surface area contributed by atoms with E-state index >= 15 is 0 Å². The van der Waals surface area contributed by atoms with Crippen LogP contribution in [-0.4, -0.2) is 0 Å². The molecule has 1 aliphatic carbocycles. The summed E-state index contributed by atoms with van der Waals surface area (Å²) in [4.78, 5) is 2.52. The van der Waals surface area contributed by atoms with E-state index in [0.29, 0.717) is 0 Å². The zero-order valence-electron chi connectivity index (χ0n) is 29.5. The van der Waals surface area contributed by atoms with Gasteiger partial charge in [-0.25, -0.2) is 0 Å². The van der Waals surface area contributed by atoms with Crippen molar-refractivity contribution in [3.8, 4) is 11.1 Å². The first-order valence-corrected chi connectivity index (χ1v) is 18.1. The molecule has 0 bridgehead atoms. The third-order valence-electron chi connectivity index (χ3n) is 10.6. The molecule has 9 rings (SSSR count). The van der Waals surface area contributed by atoms with Crippen molar-refractivity contribution in [3.05, 3.63) is 234 Å². The van der Waals surface area contributed by atoms with E-state index in [-0.39, 0.29) is 5.41 Å². The number of hydrogen-bond donors (Lipinski definition) is 0. The number of nitrogens with zero attached hydrogens (tertiary/aromatic N) is 1. The maximum Gasteiger partial charge on any atom is 0.0540 e.